The lowest BCUT2D eigenvalue weighted by molar-refractivity contribution is -0.148. The number of carbonyl (C=O) groups is 2. The maximum Gasteiger partial charge on any atom is 0.303 e. The molecule has 0 aliphatic heterocycles. The number of hydrogen-bond donors (Lipinski definition) is 1. The number of carbonyl (C=O) groups excluding carboxylic acids is 1. The molecule has 1 N–H and O–H groups in total. The smallest absolute Gasteiger partial charge is 0.303 e. The van der Waals surface area contributed by atoms with E-state index in [2.05, 4.69) is 0 Å². The fraction of sp³-hybridized carbons (Fsp3) is 0.385. The molecule has 1 aromatic carbocycles. The van der Waals surface area contributed by atoms with Crippen LogP contribution in [0.15, 0.2) is 30.3 Å². The molecule has 0 saturated carbocycles. The van der Waals surface area contributed by atoms with Crippen LogP contribution < -0.4 is 0 Å². The van der Waals surface area contributed by atoms with Crippen LogP contribution in [0.2, 0.25) is 0 Å². The summed E-state index contributed by atoms with van der Waals surface area (Å²) in [4.78, 5) is 21.4. The van der Waals surface area contributed by atoms with Gasteiger partial charge in [-0.1, -0.05) is 30.3 Å². The highest BCUT2D eigenvalue weighted by Gasteiger charge is 2.14. The molecule has 0 spiro atoms. The topological polar surface area (TPSA) is 63.6 Å². The minimum Gasteiger partial charge on any atom is -0.481 e. The Morgan fingerprint density at radius 1 is 1.29 bits per heavy atom. The molecule has 0 radical (unpaired) electrons. The van der Waals surface area contributed by atoms with Gasteiger partial charge < -0.3 is 9.84 Å². The molecule has 0 heterocycles. The summed E-state index contributed by atoms with van der Waals surface area (Å²) < 4.78 is 5.10. The number of aliphatic carboxylic acids is 1. The number of ether oxygens (including phenoxy) is 1. The van der Waals surface area contributed by atoms with Crippen molar-refractivity contribution in [3.63, 3.8) is 0 Å². The van der Waals surface area contributed by atoms with Gasteiger partial charge in [0.15, 0.2) is 0 Å². The molecule has 4 heteroatoms. The first-order valence-electron chi connectivity index (χ1n) is 5.51. The lowest BCUT2D eigenvalue weighted by atomic mass is 10.0. The zero-order valence-corrected chi connectivity index (χ0v) is 9.76. The van der Waals surface area contributed by atoms with Gasteiger partial charge in [0.2, 0.25) is 0 Å². The van der Waals surface area contributed by atoms with Crippen molar-refractivity contribution in [3.8, 4) is 0 Å². The summed E-state index contributed by atoms with van der Waals surface area (Å²) in [5, 5.41) is 8.62. The van der Waals surface area contributed by atoms with E-state index in [9.17, 15) is 9.59 Å². The van der Waals surface area contributed by atoms with Crippen molar-refractivity contribution in [2.24, 2.45) is 0 Å². The summed E-state index contributed by atoms with van der Waals surface area (Å²) in [6.07, 6.45) is 0.522. The largest absolute Gasteiger partial charge is 0.481 e. The molecule has 17 heavy (non-hydrogen) atoms. The average Bonchev–Trinajstić information content (AvgIpc) is 2.26. The van der Waals surface area contributed by atoms with E-state index >= 15 is 0 Å². The second-order valence-electron chi connectivity index (χ2n) is 3.85. The Morgan fingerprint density at radius 3 is 2.47 bits per heavy atom. The molecule has 4 nitrogen and oxygen atoms in total. The lowest BCUT2D eigenvalue weighted by Crippen LogP contribution is -2.20. The Hall–Kier alpha value is -1.84. The minimum atomic E-state index is -0.879. The fourth-order valence-corrected chi connectivity index (χ4v) is 1.60. The van der Waals surface area contributed by atoms with Gasteiger partial charge in [0, 0.05) is 19.8 Å². The van der Waals surface area contributed by atoms with Gasteiger partial charge in [-0.3, -0.25) is 9.59 Å². The first-order valence-corrected chi connectivity index (χ1v) is 5.51. The maximum absolute atomic E-state index is 10.9. The molecule has 1 unspecified atom stereocenters. The molecule has 0 bridgehead atoms. The van der Waals surface area contributed by atoms with Crippen LogP contribution in [0.25, 0.3) is 0 Å². The molecule has 0 saturated heterocycles. The second-order valence-corrected chi connectivity index (χ2v) is 3.85. The third-order valence-electron chi connectivity index (χ3n) is 2.32. The van der Waals surface area contributed by atoms with Crippen molar-refractivity contribution in [2.45, 2.75) is 32.3 Å². The highest BCUT2D eigenvalue weighted by Crippen LogP contribution is 2.11. The molecule has 0 aromatic heterocycles. The van der Waals surface area contributed by atoms with Gasteiger partial charge in [0.1, 0.15) is 6.10 Å². The van der Waals surface area contributed by atoms with Gasteiger partial charge in [0.25, 0.3) is 0 Å². The average molecular weight is 236 g/mol. The minimum absolute atomic E-state index is 0.00474. The Labute approximate surface area is 100 Å². The van der Waals surface area contributed by atoms with E-state index in [0.29, 0.717) is 12.8 Å². The van der Waals surface area contributed by atoms with Crippen molar-refractivity contribution in [1.29, 1.82) is 0 Å². The van der Waals surface area contributed by atoms with Gasteiger partial charge in [-0.05, 0) is 12.0 Å². The molecular formula is C13H16O4. The van der Waals surface area contributed by atoms with Crippen LogP contribution in [0.4, 0.5) is 0 Å². The van der Waals surface area contributed by atoms with Gasteiger partial charge in [-0.25, -0.2) is 0 Å². The van der Waals surface area contributed by atoms with Crippen LogP contribution >= 0.6 is 0 Å². The summed E-state index contributed by atoms with van der Waals surface area (Å²) in [7, 11) is 0. The van der Waals surface area contributed by atoms with Crippen LogP contribution in [0.3, 0.4) is 0 Å². The quantitative estimate of drug-likeness (QED) is 0.767. The predicted octanol–water partition coefficient (Wildman–Crippen LogP) is 2.03. The first kappa shape index (κ1) is 13.2. The zero-order chi connectivity index (χ0) is 12.7. The second kappa shape index (κ2) is 6.68. The summed E-state index contributed by atoms with van der Waals surface area (Å²) in [6, 6.07) is 9.56. The van der Waals surface area contributed by atoms with E-state index in [-0.39, 0.29) is 18.5 Å². The third-order valence-corrected chi connectivity index (χ3v) is 2.32. The monoisotopic (exact) mass is 236 g/mol. The van der Waals surface area contributed by atoms with Gasteiger partial charge in [-0.15, -0.1) is 0 Å². The van der Waals surface area contributed by atoms with Gasteiger partial charge in [-0.2, -0.15) is 0 Å². The van der Waals surface area contributed by atoms with E-state index in [1.165, 1.54) is 6.92 Å². The summed E-state index contributed by atoms with van der Waals surface area (Å²) in [5.41, 5.74) is 1.03. The summed E-state index contributed by atoms with van der Waals surface area (Å²) in [6.45, 7) is 1.33. The Kier molecular flexibility index (Phi) is 5.20. The molecular weight excluding hydrogens is 220 g/mol. The van der Waals surface area contributed by atoms with Crippen LogP contribution in [0.5, 0.6) is 0 Å². The molecule has 1 aromatic rings. The molecule has 0 amide bonds. The van der Waals surface area contributed by atoms with Gasteiger partial charge >= 0.3 is 11.9 Å². The SMILES string of the molecule is CC(=O)OC(CCC(=O)O)Cc1ccccc1. The number of rotatable bonds is 6. The molecule has 1 rings (SSSR count). The van der Waals surface area contributed by atoms with Crippen LogP contribution in [-0.4, -0.2) is 23.1 Å². The number of hydrogen-bond acceptors (Lipinski definition) is 3. The number of carboxylic acid groups (broad SMARTS) is 1. The van der Waals surface area contributed by atoms with E-state index in [4.69, 9.17) is 9.84 Å². The van der Waals surface area contributed by atoms with Gasteiger partial charge in [0.05, 0.1) is 0 Å². The predicted molar refractivity (Wildman–Crippen MR) is 62.6 cm³/mol. The Morgan fingerprint density at radius 2 is 1.94 bits per heavy atom. The summed E-state index contributed by atoms with van der Waals surface area (Å²) in [5.74, 6) is -1.26. The highest BCUT2D eigenvalue weighted by atomic mass is 16.5. The number of carboxylic acids is 1. The van der Waals surface area contributed by atoms with Crippen molar-refractivity contribution < 1.29 is 19.4 Å². The first-order chi connectivity index (χ1) is 8.08. The van der Waals surface area contributed by atoms with Crippen LogP contribution in [0.1, 0.15) is 25.3 Å². The lowest BCUT2D eigenvalue weighted by Gasteiger charge is -2.16. The molecule has 1 atom stereocenters. The van der Waals surface area contributed by atoms with Crippen molar-refractivity contribution in [1.82, 2.24) is 0 Å². The third kappa shape index (κ3) is 5.70. The molecule has 0 aliphatic rings. The molecule has 0 aliphatic carbocycles. The number of benzene rings is 1. The normalized spacial score (nSPS) is 11.8. The van der Waals surface area contributed by atoms with Crippen molar-refractivity contribution in [2.75, 3.05) is 0 Å². The van der Waals surface area contributed by atoms with Crippen LogP contribution in [0, 0.1) is 0 Å². The van der Waals surface area contributed by atoms with E-state index in [0.717, 1.165) is 5.56 Å². The molecule has 0 fully saturated rings. The number of esters is 1. The van der Waals surface area contributed by atoms with Crippen molar-refractivity contribution >= 4 is 11.9 Å². The maximum atomic E-state index is 10.9. The van der Waals surface area contributed by atoms with Crippen molar-refractivity contribution in [3.05, 3.63) is 35.9 Å². The van der Waals surface area contributed by atoms with E-state index in [1.54, 1.807) is 0 Å². The molecule has 92 valence electrons. The zero-order valence-electron chi connectivity index (χ0n) is 9.76. The van der Waals surface area contributed by atoms with Crippen LogP contribution in [-0.2, 0) is 20.7 Å². The Bertz CT molecular complexity index is 372. The van der Waals surface area contributed by atoms with E-state index < -0.39 is 5.97 Å². The Balaban J connectivity index is 2.56. The fourth-order valence-electron chi connectivity index (χ4n) is 1.60. The highest BCUT2D eigenvalue weighted by molar-refractivity contribution is 5.67. The standard InChI is InChI=1S/C13H16O4/c1-10(14)17-12(7-8-13(15)16)9-11-5-3-2-4-6-11/h2-6,12H,7-9H2,1H3,(H,15,16). The summed E-state index contributed by atoms with van der Waals surface area (Å²) >= 11 is 0. The van der Waals surface area contributed by atoms with E-state index in [1.807, 2.05) is 30.3 Å².